The molecule has 1 aromatic carbocycles. The second-order valence-electron chi connectivity index (χ2n) is 4.59. The number of nitro benzene ring substituents is 1. The Kier molecular flexibility index (Phi) is 4.21. The molecule has 0 atom stereocenters. The smallest absolute Gasteiger partial charge is 0.275 e. The van der Waals surface area contributed by atoms with Crippen LogP contribution in [0.3, 0.4) is 0 Å². The molecule has 0 spiro atoms. The largest absolute Gasteiger partial charge is 0.303 e. The van der Waals surface area contributed by atoms with E-state index in [-0.39, 0.29) is 10.9 Å². The van der Waals surface area contributed by atoms with Crippen molar-refractivity contribution in [2.24, 2.45) is 0 Å². The first-order valence-corrected chi connectivity index (χ1v) is 6.85. The monoisotopic (exact) mass is 314 g/mol. The highest BCUT2D eigenvalue weighted by atomic mass is 32.2. The third-order valence-electron chi connectivity index (χ3n) is 2.74. The summed E-state index contributed by atoms with van der Waals surface area (Å²) in [6, 6.07) is 1.40. The molecule has 0 amide bonds. The van der Waals surface area contributed by atoms with Crippen LogP contribution in [0.1, 0.15) is 25.7 Å². The molecular formula is C12H12F2N4O2S. The molecule has 2 rings (SSSR count). The molecule has 9 heteroatoms. The van der Waals surface area contributed by atoms with E-state index in [4.69, 9.17) is 0 Å². The Morgan fingerprint density at radius 2 is 1.86 bits per heavy atom. The average molecular weight is 314 g/mol. The normalized spacial score (nSPS) is 11.1. The van der Waals surface area contributed by atoms with Gasteiger partial charge in [-0.05, 0) is 32.5 Å². The van der Waals surface area contributed by atoms with E-state index in [0.717, 1.165) is 11.8 Å². The SMILES string of the molecule is Cc1nnc(Sc2c(F)cc([N+](=O)[O-])cc2F)n1C(C)C. The maximum absolute atomic E-state index is 13.9. The van der Waals surface area contributed by atoms with Gasteiger partial charge in [-0.1, -0.05) is 0 Å². The molecule has 0 saturated carbocycles. The predicted molar refractivity (Wildman–Crippen MR) is 72.3 cm³/mol. The molecule has 6 nitrogen and oxygen atoms in total. The molecule has 21 heavy (non-hydrogen) atoms. The number of hydrogen-bond donors (Lipinski definition) is 0. The van der Waals surface area contributed by atoms with Gasteiger partial charge in [0.15, 0.2) is 5.16 Å². The van der Waals surface area contributed by atoms with Crippen LogP contribution in [0.5, 0.6) is 0 Å². The number of halogens is 2. The van der Waals surface area contributed by atoms with Gasteiger partial charge < -0.3 is 4.57 Å². The van der Waals surface area contributed by atoms with Gasteiger partial charge in [0.05, 0.1) is 22.0 Å². The summed E-state index contributed by atoms with van der Waals surface area (Å²) < 4.78 is 29.5. The molecule has 0 saturated heterocycles. The van der Waals surface area contributed by atoms with Crippen LogP contribution in [0.15, 0.2) is 22.2 Å². The van der Waals surface area contributed by atoms with Crippen LogP contribution < -0.4 is 0 Å². The maximum atomic E-state index is 13.9. The van der Waals surface area contributed by atoms with Gasteiger partial charge in [0.25, 0.3) is 5.69 Å². The van der Waals surface area contributed by atoms with E-state index < -0.39 is 22.2 Å². The third-order valence-corrected chi connectivity index (χ3v) is 3.79. The predicted octanol–water partition coefficient (Wildman–Crippen LogP) is 3.51. The first kappa shape index (κ1) is 15.4. The number of aromatic nitrogens is 3. The molecule has 0 aliphatic carbocycles. The highest BCUT2D eigenvalue weighted by Crippen LogP contribution is 2.34. The Bertz CT molecular complexity index is 680. The molecule has 1 heterocycles. The summed E-state index contributed by atoms with van der Waals surface area (Å²) in [6.45, 7) is 5.52. The standard InChI is InChI=1S/C12H12F2N4O2S/c1-6(2)17-7(3)15-16-12(17)21-11-9(13)4-8(18(19)20)5-10(11)14/h4-6H,1-3H3. The number of aryl methyl sites for hydroxylation is 1. The van der Waals surface area contributed by atoms with E-state index in [2.05, 4.69) is 10.2 Å². The van der Waals surface area contributed by atoms with Crippen molar-refractivity contribution < 1.29 is 13.7 Å². The number of hydrogen-bond acceptors (Lipinski definition) is 5. The zero-order chi connectivity index (χ0) is 15.7. The quantitative estimate of drug-likeness (QED) is 0.638. The number of nitro groups is 1. The number of benzene rings is 1. The summed E-state index contributed by atoms with van der Waals surface area (Å²) >= 11 is 0.754. The lowest BCUT2D eigenvalue weighted by Crippen LogP contribution is -2.05. The van der Waals surface area contributed by atoms with Crippen molar-refractivity contribution in [3.8, 4) is 0 Å². The average Bonchev–Trinajstić information content (AvgIpc) is 2.74. The molecule has 1 aromatic heterocycles. The summed E-state index contributed by atoms with van der Waals surface area (Å²) in [5.74, 6) is -1.37. The minimum absolute atomic E-state index is 0.0201. The fourth-order valence-electron chi connectivity index (χ4n) is 1.85. The highest BCUT2D eigenvalue weighted by molar-refractivity contribution is 7.99. The molecule has 2 aromatic rings. The Labute approximate surface area is 123 Å². The summed E-state index contributed by atoms with van der Waals surface area (Å²) in [6.07, 6.45) is 0. The molecule has 0 radical (unpaired) electrons. The van der Waals surface area contributed by atoms with Crippen molar-refractivity contribution in [2.75, 3.05) is 0 Å². The van der Waals surface area contributed by atoms with E-state index in [1.54, 1.807) is 11.5 Å². The minimum atomic E-state index is -0.998. The van der Waals surface area contributed by atoms with Gasteiger partial charge in [0.1, 0.15) is 17.5 Å². The first-order chi connectivity index (χ1) is 9.81. The van der Waals surface area contributed by atoms with Crippen molar-refractivity contribution in [1.29, 1.82) is 0 Å². The Morgan fingerprint density at radius 3 is 2.33 bits per heavy atom. The van der Waals surface area contributed by atoms with Gasteiger partial charge in [-0.3, -0.25) is 10.1 Å². The van der Waals surface area contributed by atoms with Crippen molar-refractivity contribution >= 4 is 17.4 Å². The molecule has 0 aliphatic rings. The Hall–Kier alpha value is -2.03. The second kappa shape index (κ2) is 5.76. The summed E-state index contributed by atoms with van der Waals surface area (Å²) in [7, 11) is 0. The van der Waals surface area contributed by atoms with E-state index in [1.807, 2.05) is 13.8 Å². The van der Waals surface area contributed by atoms with Crippen LogP contribution in [0.25, 0.3) is 0 Å². The van der Waals surface area contributed by atoms with Crippen LogP contribution in [0.2, 0.25) is 0 Å². The van der Waals surface area contributed by atoms with E-state index >= 15 is 0 Å². The van der Waals surface area contributed by atoms with E-state index in [0.29, 0.717) is 23.1 Å². The van der Waals surface area contributed by atoms with Gasteiger partial charge in [0.2, 0.25) is 0 Å². The van der Waals surface area contributed by atoms with Crippen molar-refractivity contribution in [2.45, 2.75) is 36.9 Å². The van der Waals surface area contributed by atoms with E-state index in [9.17, 15) is 18.9 Å². The molecular weight excluding hydrogens is 302 g/mol. The molecule has 0 aliphatic heterocycles. The van der Waals surface area contributed by atoms with Crippen LogP contribution in [-0.2, 0) is 0 Å². The Balaban J connectivity index is 2.43. The second-order valence-corrected chi connectivity index (χ2v) is 5.57. The van der Waals surface area contributed by atoms with Gasteiger partial charge in [-0.15, -0.1) is 10.2 Å². The summed E-state index contributed by atoms with van der Waals surface area (Å²) in [5.41, 5.74) is -0.629. The lowest BCUT2D eigenvalue weighted by Gasteiger charge is -2.12. The minimum Gasteiger partial charge on any atom is -0.303 e. The van der Waals surface area contributed by atoms with Crippen molar-refractivity contribution in [3.63, 3.8) is 0 Å². The number of nitrogens with zero attached hydrogens (tertiary/aromatic N) is 4. The van der Waals surface area contributed by atoms with Crippen LogP contribution in [0.4, 0.5) is 14.5 Å². The van der Waals surface area contributed by atoms with E-state index in [1.165, 1.54) is 0 Å². The van der Waals surface area contributed by atoms with Gasteiger partial charge >= 0.3 is 0 Å². The third kappa shape index (κ3) is 3.02. The zero-order valence-corrected chi connectivity index (χ0v) is 12.3. The summed E-state index contributed by atoms with van der Waals surface area (Å²) in [4.78, 5) is 9.38. The number of non-ortho nitro benzene ring substituents is 1. The fourth-order valence-corrected chi connectivity index (χ4v) is 2.87. The van der Waals surface area contributed by atoms with Crippen LogP contribution in [-0.4, -0.2) is 19.7 Å². The van der Waals surface area contributed by atoms with Crippen molar-refractivity contribution in [1.82, 2.24) is 14.8 Å². The molecule has 0 N–H and O–H groups in total. The zero-order valence-electron chi connectivity index (χ0n) is 11.5. The lowest BCUT2D eigenvalue weighted by atomic mass is 10.3. The first-order valence-electron chi connectivity index (χ1n) is 6.04. The number of rotatable bonds is 4. The van der Waals surface area contributed by atoms with Crippen molar-refractivity contribution in [3.05, 3.63) is 39.7 Å². The van der Waals surface area contributed by atoms with Gasteiger partial charge in [-0.2, -0.15) is 0 Å². The van der Waals surface area contributed by atoms with Crippen LogP contribution >= 0.6 is 11.8 Å². The summed E-state index contributed by atoms with van der Waals surface area (Å²) in [5, 5.41) is 18.6. The molecule has 0 fully saturated rings. The Morgan fingerprint density at radius 1 is 1.29 bits per heavy atom. The topological polar surface area (TPSA) is 73.8 Å². The molecule has 0 unspecified atom stereocenters. The van der Waals surface area contributed by atoms with Gasteiger partial charge in [-0.25, -0.2) is 8.78 Å². The molecule has 112 valence electrons. The highest BCUT2D eigenvalue weighted by Gasteiger charge is 2.21. The van der Waals surface area contributed by atoms with Gasteiger partial charge in [0, 0.05) is 6.04 Å². The fraction of sp³-hybridized carbons (Fsp3) is 0.333. The molecule has 0 bridgehead atoms. The lowest BCUT2D eigenvalue weighted by molar-refractivity contribution is -0.385. The van der Waals surface area contributed by atoms with Crippen LogP contribution in [0, 0.1) is 28.7 Å². The maximum Gasteiger partial charge on any atom is 0.275 e.